The van der Waals surface area contributed by atoms with Crippen molar-refractivity contribution in [3.8, 4) is 5.75 Å². The van der Waals surface area contributed by atoms with Gasteiger partial charge >= 0.3 is 5.97 Å². The lowest BCUT2D eigenvalue weighted by atomic mass is 10.2. The van der Waals surface area contributed by atoms with E-state index in [0.29, 0.717) is 6.42 Å². The Labute approximate surface area is 104 Å². The van der Waals surface area contributed by atoms with Gasteiger partial charge in [-0.2, -0.15) is 0 Å². The van der Waals surface area contributed by atoms with Gasteiger partial charge in [0.15, 0.2) is 11.6 Å². The summed E-state index contributed by atoms with van der Waals surface area (Å²) in [6, 6.07) is 2.79. The highest BCUT2D eigenvalue weighted by Gasteiger charge is 2.16. The standard InChI is InChI=1S/C12H15F2NO3/c1-15-11(12(16)17-2)5-6-18-8-3-4-9(13)10(14)7-8/h3-4,7,11,15H,5-6H2,1-2H3. The molecule has 1 atom stereocenters. The molecule has 6 heteroatoms. The number of esters is 1. The molecular formula is C12H15F2NO3. The minimum Gasteiger partial charge on any atom is -0.493 e. The van der Waals surface area contributed by atoms with Crippen molar-refractivity contribution >= 4 is 5.97 Å². The SMILES string of the molecule is CNC(CCOc1ccc(F)c(F)c1)C(=O)OC. The number of methoxy groups -OCH3 is 1. The highest BCUT2D eigenvalue weighted by Crippen LogP contribution is 2.15. The van der Waals surface area contributed by atoms with Gasteiger partial charge in [0, 0.05) is 12.5 Å². The van der Waals surface area contributed by atoms with E-state index in [1.807, 2.05) is 0 Å². The molecule has 1 rings (SSSR count). The van der Waals surface area contributed by atoms with Crippen molar-refractivity contribution in [3.63, 3.8) is 0 Å². The lowest BCUT2D eigenvalue weighted by molar-refractivity contribution is -0.143. The lowest BCUT2D eigenvalue weighted by Crippen LogP contribution is -2.36. The summed E-state index contributed by atoms with van der Waals surface area (Å²) in [5.74, 6) is -2.07. The van der Waals surface area contributed by atoms with Crippen LogP contribution < -0.4 is 10.1 Å². The molecule has 0 radical (unpaired) electrons. The fourth-order valence-corrected chi connectivity index (χ4v) is 1.38. The highest BCUT2D eigenvalue weighted by molar-refractivity contribution is 5.75. The third-order valence-corrected chi connectivity index (χ3v) is 2.40. The van der Waals surface area contributed by atoms with Gasteiger partial charge in [-0.3, -0.25) is 4.79 Å². The van der Waals surface area contributed by atoms with E-state index >= 15 is 0 Å². The summed E-state index contributed by atoms with van der Waals surface area (Å²) in [4.78, 5) is 11.2. The molecule has 0 aliphatic rings. The fraction of sp³-hybridized carbons (Fsp3) is 0.417. The van der Waals surface area contributed by atoms with Gasteiger partial charge in [0.2, 0.25) is 0 Å². The highest BCUT2D eigenvalue weighted by atomic mass is 19.2. The summed E-state index contributed by atoms with van der Waals surface area (Å²) >= 11 is 0. The van der Waals surface area contributed by atoms with Crippen molar-refractivity contribution in [3.05, 3.63) is 29.8 Å². The molecule has 100 valence electrons. The molecule has 0 saturated heterocycles. The van der Waals surface area contributed by atoms with Crippen LogP contribution in [0.2, 0.25) is 0 Å². The van der Waals surface area contributed by atoms with E-state index in [1.165, 1.54) is 13.2 Å². The molecule has 1 N–H and O–H groups in total. The Hall–Kier alpha value is -1.69. The Kier molecular flexibility index (Phi) is 5.51. The van der Waals surface area contributed by atoms with E-state index in [1.54, 1.807) is 7.05 Å². The molecule has 0 aromatic heterocycles. The third kappa shape index (κ3) is 3.96. The first-order chi connectivity index (χ1) is 8.58. The van der Waals surface area contributed by atoms with Gasteiger partial charge in [-0.15, -0.1) is 0 Å². The smallest absolute Gasteiger partial charge is 0.322 e. The summed E-state index contributed by atoms with van der Waals surface area (Å²) < 4.78 is 35.3. The fourth-order valence-electron chi connectivity index (χ4n) is 1.38. The van der Waals surface area contributed by atoms with Crippen molar-refractivity contribution in [1.82, 2.24) is 5.32 Å². The number of halogens is 2. The van der Waals surface area contributed by atoms with Crippen molar-refractivity contribution < 1.29 is 23.0 Å². The Morgan fingerprint density at radius 3 is 2.67 bits per heavy atom. The number of carbonyl (C=O) groups excluding carboxylic acids is 1. The summed E-state index contributed by atoms with van der Waals surface area (Å²) in [7, 11) is 2.92. The maximum Gasteiger partial charge on any atom is 0.322 e. The van der Waals surface area contributed by atoms with E-state index in [9.17, 15) is 13.6 Å². The number of rotatable bonds is 6. The van der Waals surface area contributed by atoms with Crippen LogP contribution in [0.1, 0.15) is 6.42 Å². The Morgan fingerprint density at radius 2 is 2.11 bits per heavy atom. The lowest BCUT2D eigenvalue weighted by Gasteiger charge is -2.14. The molecule has 1 unspecified atom stereocenters. The van der Waals surface area contributed by atoms with Gasteiger partial charge in [0.1, 0.15) is 11.8 Å². The van der Waals surface area contributed by atoms with Crippen molar-refractivity contribution in [2.45, 2.75) is 12.5 Å². The first kappa shape index (κ1) is 14.4. The van der Waals surface area contributed by atoms with Gasteiger partial charge in [-0.05, 0) is 19.2 Å². The second-order valence-electron chi connectivity index (χ2n) is 3.58. The number of benzene rings is 1. The molecule has 0 amide bonds. The number of hydrogen-bond donors (Lipinski definition) is 1. The van der Waals surface area contributed by atoms with Crippen LogP contribution in [0.3, 0.4) is 0 Å². The number of ether oxygens (including phenoxy) is 2. The normalized spacial score (nSPS) is 12.0. The summed E-state index contributed by atoms with van der Waals surface area (Å²) in [5.41, 5.74) is 0. The maximum absolute atomic E-state index is 12.9. The monoisotopic (exact) mass is 259 g/mol. The zero-order chi connectivity index (χ0) is 13.5. The maximum atomic E-state index is 12.9. The van der Waals surface area contributed by atoms with Gasteiger partial charge in [-0.25, -0.2) is 8.78 Å². The van der Waals surface area contributed by atoms with Crippen molar-refractivity contribution in [1.29, 1.82) is 0 Å². The summed E-state index contributed by atoms with van der Waals surface area (Å²) in [5, 5.41) is 2.77. The van der Waals surface area contributed by atoms with Crippen LogP contribution in [0.5, 0.6) is 5.75 Å². The molecule has 0 aliphatic carbocycles. The van der Waals surface area contributed by atoms with E-state index in [-0.39, 0.29) is 12.4 Å². The van der Waals surface area contributed by atoms with Crippen LogP contribution in [0.25, 0.3) is 0 Å². The van der Waals surface area contributed by atoms with Crippen LogP contribution >= 0.6 is 0 Å². The molecule has 18 heavy (non-hydrogen) atoms. The predicted octanol–water partition coefficient (Wildman–Crippen LogP) is 1.49. The van der Waals surface area contributed by atoms with Crippen molar-refractivity contribution in [2.75, 3.05) is 20.8 Å². The van der Waals surface area contributed by atoms with E-state index in [0.717, 1.165) is 12.1 Å². The third-order valence-electron chi connectivity index (χ3n) is 2.40. The molecule has 0 fully saturated rings. The van der Waals surface area contributed by atoms with Crippen LogP contribution in [-0.2, 0) is 9.53 Å². The topological polar surface area (TPSA) is 47.6 Å². The zero-order valence-corrected chi connectivity index (χ0v) is 10.2. The molecule has 0 saturated carbocycles. The molecule has 0 spiro atoms. The van der Waals surface area contributed by atoms with Gasteiger partial charge < -0.3 is 14.8 Å². The van der Waals surface area contributed by atoms with E-state index in [2.05, 4.69) is 10.1 Å². The van der Waals surface area contributed by atoms with Crippen LogP contribution in [-0.4, -0.2) is 32.8 Å². The number of likely N-dealkylation sites (N-methyl/N-ethyl adjacent to an activating group) is 1. The Bertz CT molecular complexity index is 412. The van der Waals surface area contributed by atoms with Gasteiger partial charge in [-0.1, -0.05) is 0 Å². The molecule has 0 heterocycles. The number of hydrogen-bond acceptors (Lipinski definition) is 4. The van der Waals surface area contributed by atoms with E-state index in [4.69, 9.17) is 4.74 Å². The number of carbonyl (C=O) groups is 1. The molecule has 4 nitrogen and oxygen atoms in total. The van der Waals surface area contributed by atoms with Crippen LogP contribution in [0.15, 0.2) is 18.2 Å². The summed E-state index contributed by atoms with van der Waals surface area (Å²) in [6.45, 7) is 0.186. The molecular weight excluding hydrogens is 244 g/mol. The first-order valence-corrected chi connectivity index (χ1v) is 5.41. The zero-order valence-electron chi connectivity index (χ0n) is 10.2. The first-order valence-electron chi connectivity index (χ1n) is 5.41. The van der Waals surface area contributed by atoms with Gasteiger partial charge in [0.05, 0.1) is 13.7 Å². The molecule has 1 aromatic carbocycles. The average Bonchev–Trinajstić information content (AvgIpc) is 2.38. The average molecular weight is 259 g/mol. The molecule has 1 aromatic rings. The molecule has 0 aliphatic heterocycles. The summed E-state index contributed by atoms with van der Waals surface area (Å²) in [6.07, 6.45) is 0.363. The number of nitrogens with one attached hydrogen (secondary N) is 1. The second-order valence-corrected chi connectivity index (χ2v) is 3.58. The van der Waals surface area contributed by atoms with E-state index < -0.39 is 23.6 Å². The minimum atomic E-state index is -0.967. The van der Waals surface area contributed by atoms with Crippen LogP contribution in [0.4, 0.5) is 8.78 Å². The second kappa shape index (κ2) is 6.90. The van der Waals surface area contributed by atoms with Crippen LogP contribution in [0, 0.1) is 11.6 Å². The van der Waals surface area contributed by atoms with Crippen molar-refractivity contribution in [2.24, 2.45) is 0 Å². The predicted molar refractivity (Wildman–Crippen MR) is 61.3 cm³/mol. The quantitative estimate of drug-likeness (QED) is 0.786. The molecule has 0 bridgehead atoms. The van der Waals surface area contributed by atoms with Gasteiger partial charge in [0.25, 0.3) is 0 Å². The minimum absolute atomic E-state index is 0.186. The Balaban J connectivity index is 2.45. The largest absolute Gasteiger partial charge is 0.493 e. The Morgan fingerprint density at radius 1 is 1.39 bits per heavy atom.